The highest BCUT2D eigenvalue weighted by Gasteiger charge is 2.27. The summed E-state index contributed by atoms with van der Waals surface area (Å²) in [6.07, 6.45) is 1.32. The van der Waals surface area contributed by atoms with E-state index in [1.807, 2.05) is 19.1 Å². The topological polar surface area (TPSA) is 86.3 Å². The van der Waals surface area contributed by atoms with Crippen LogP contribution in [0.1, 0.15) is 18.1 Å². The summed E-state index contributed by atoms with van der Waals surface area (Å²) in [5.74, 6) is 0. The van der Waals surface area contributed by atoms with Gasteiger partial charge < -0.3 is 5.11 Å². The highest BCUT2D eigenvalue weighted by atomic mass is 32.2. The third-order valence-corrected chi connectivity index (χ3v) is 4.92. The average molecular weight is 295 g/mol. The van der Waals surface area contributed by atoms with Crippen molar-refractivity contribution in [3.05, 3.63) is 41.6 Å². The number of sulfonamides is 1. The van der Waals surface area contributed by atoms with Gasteiger partial charge in [0, 0.05) is 12.1 Å². The predicted molar refractivity (Wildman–Crippen MR) is 75.9 cm³/mol. The van der Waals surface area contributed by atoms with Gasteiger partial charge in [-0.1, -0.05) is 17.7 Å². The summed E-state index contributed by atoms with van der Waals surface area (Å²) in [4.78, 5) is 0. The van der Waals surface area contributed by atoms with Crippen LogP contribution in [-0.4, -0.2) is 30.3 Å². The van der Waals surface area contributed by atoms with Gasteiger partial charge in [-0.3, -0.25) is 9.40 Å². The fourth-order valence-electron chi connectivity index (χ4n) is 1.95. The Kier molecular flexibility index (Phi) is 4.10. The maximum atomic E-state index is 12.6. The number of aromatic nitrogens is 2. The molecule has 0 saturated heterocycles. The van der Waals surface area contributed by atoms with Crippen molar-refractivity contribution in [2.24, 2.45) is 0 Å². The molecule has 0 aliphatic rings. The smallest absolute Gasteiger partial charge is 0.281 e. The van der Waals surface area contributed by atoms with Crippen LogP contribution in [0.15, 0.2) is 35.5 Å². The Labute approximate surface area is 118 Å². The van der Waals surface area contributed by atoms with E-state index in [0.29, 0.717) is 5.69 Å². The van der Waals surface area contributed by atoms with Gasteiger partial charge in [0.05, 0.1) is 18.5 Å². The fraction of sp³-hybridized carbons (Fsp3) is 0.308. The monoisotopic (exact) mass is 295 g/mol. The van der Waals surface area contributed by atoms with Crippen molar-refractivity contribution < 1.29 is 13.5 Å². The molecule has 2 rings (SSSR count). The van der Waals surface area contributed by atoms with Gasteiger partial charge >= 0.3 is 0 Å². The summed E-state index contributed by atoms with van der Waals surface area (Å²) < 4.78 is 26.5. The standard InChI is InChI=1S/C13H17N3O3S/c1-3-16(12-6-4-10(2)5-7-12)20(18,19)13-11(9-17)8-14-15-13/h4-8,17H,3,9H2,1-2H3,(H,14,15). The molecule has 0 radical (unpaired) electrons. The van der Waals surface area contributed by atoms with Crippen LogP contribution in [0.5, 0.6) is 0 Å². The van der Waals surface area contributed by atoms with Gasteiger partial charge in [-0.2, -0.15) is 13.5 Å². The number of benzene rings is 1. The minimum absolute atomic E-state index is 0.0672. The first-order valence-corrected chi connectivity index (χ1v) is 7.67. The number of hydrogen-bond acceptors (Lipinski definition) is 4. The Morgan fingerprint density at radius 3 is 2.50 bits per heavy atom. The Bertz CT molecular complexity index is 677. The Morgan fingerprint density at radius 1 is 1.30 bits per heavy atom. The molecule has 2 N–H and O–H groups in total. The van der Waals surface area contributed by atoms with Crippen molar-refractivity contribution >= 4 is 15.7 Å². The number of nitrogens with zero attached hydrogens (tertiary/aromatic N) is 2. The van der Waals surface area contributed by atoms with Gasteiger partial charge in [-0.05, 0) is 26.0 Å². The molecule has 7 heteroatoms. The minimum atomic E-state index is -3.76. The normalized spacial score (nSPS) is 11.6. The lowest BCUT2D eigenvalue weighted by Crippen LogP contribution is -2.31. The Morgan fingerprint density at radius 2 is 1.95 bits per heavy atom. The molecule has 6 nitrogen and oxygen atoms in total. The van der Waals surface area contributed by atoms with E-state index in [9.17, 15) is 13.5 Å². The molecule has 108 valence electrons. The number of hydrogen-bond donors (Lipinski definition) is 2. The average Bonchev–Trinajstić information content (AvgIpc) is 2.90. The van der Waals surface area contributed by atoms with Crippen LogP contribution in [0.3, 0.4) is 0 Å². The van der Waals surface area contributed by atoms with Crippen LogP contribution >= 0.6 is 0 Å². The van der Waals surface area contributed by atoms with Gasteiger partial charge in [0.15, 0.2) is 5.03 Å². The van der Waals surface area contributed by atoms with Crippen LogP contribution in [-0.2, 0) is 16.6 Å². The van der Waals surface area contributed by atoms with E-state index in [0.717, 1.165) is 5.56 Å². The van der Waals surface area contributed by atoms with E-state index in [4.69, 9.17) is 0 Å². The quantitative estimate of drug-likeness (QED) is 0.873. The summed E-state index contributed by atoms with van der Waals surface area (Å²) in [6, 6.07) is 7.22. The zero-order valence-corrected chi connectivity index (χ0v) is 12.2. The highest BCUT2D eigenvalue weighted by molar-refractivity contribution is 7.92. The second-order valence-corrected chi connectivity index (χ2v) is 6.19. The van der Waals surface area contributed by atoms with Crippen LogP contribution in [0.25, 0.3) is 0 Å². The maximum Gasteiger partial charge on any atom is 0.281 e. The van der Waals surface area contributed by atoms with Gasteiger partial charge in [0.1, 0.15) is 0 Å². The lowest BCUT2D eigenvalue weighted by Gasteiger charge is -2.22. The van der Waals surface area contributed by atoms with Crippen LogP contribution in [0, 0.1) is 6.92 Å². The molecule has 2 aromatic rings. The van der Waals surface area contributed by atoms with E-state index in [-0.39, 0.29) is 23.7 Å². The molecule has 0 spiro atoms. The molecular weight excluding hydrogens is 278 g/mol. The number of aliphatic hydroxyl groups is 1. The molecule has 0 unspecified atom stereocenters. The number of rotatable bonds is 5. The molecule has 1 heterocycles. The first kappa shape index (κ1) is 14.5. The lowest BCUT2D eigenvalue weighted by atomic mass is 10.2. The summed E-state index contributed by atoms with van der Waals surface area (Å²) >= 11 is 0. The number of aliphatic hydroxyl groups excluding tert-OH is 1. The first-order chi connectivity index (χ1) is 9.50. The third kappa shape index (κ3) is 2.54. The molecule has 1 aromatic heterocycles. The summed E-state index contributed by atoms with van der Waals surface area (Å²) in [5.41, 5.74) is 1.90. The van der Waals surface area contributed by atoms with E-state index >= 15 is 0 Å². The molecule has 1 aromatic carbocycles. The van der Waals surface area contributed by atoms with E-state index in [2.05, 4.69) is 10.2 Å². The predicted octanol–water partition coefficient (Wildman–Crippen LogP) is 1.43. The molecular formula is C13H17N3O3S. The first-order valence-electron chi connectivity index (χ1n) is 6.23. The van der Waals surface area contributed by atoms with Gasteiger partial charge in [0.25, 0.3) is 10.0 Å². The fourth-order valence-corrected chi connectivity index (χ4v) is 3.52. The number of anilines is 1. The largest absolute Gasteiger partial charge is 0.392 e. The second kappa shape index (κ2) is 5.64. The number of nitrogens with one attached hydrogen (secondary N) is 1. The second-order valence-electron chi connectivity index (χ2n) is 4.39. The van der Waals surface area contributed by atoms with Crippen molar-refractivity contribution in [3.8, 4) is 0 Å². The molecule has 0 atom stereocenters. The molecule has 0 fully saturated rings. The zero-order valence-electron chi connectivity index (χ0n) is 11.4. The maximum absolute atomic E-state index is 12.6. The molecule has 0 saturated carbocycles. The highest BCUT2D eigenvalue weighted by Crippen LogP contribution is 2.24. The Hall–Kier alpha value is -1.86. The number of H-pyrrole nitrogens is 1. The lowest BCUT2D eigenvalue weighted by molar-refractivity contribution is 0.278. The molecule has 20 heavy (non-hydrogen) atoms. The zero-order chi connectivity index (χ0) is 14.8. The van der Waals surface area contributed by atoms with Crippen molar-refractivity contribution in [2.45, 2.75) is 25.5 Å². The Balaban J connectivity index is 2.48. The molecule has 0 aliphatic carbocycles. The van der Waals surface area contributed by atoms with E-state index in [1.165, 1.54) is 10.5 Å². The third-order valence-electron chi connectivity index (χ3n) is 3.01. The van der Waals surface area contributed by atoms with E-state index < -0.39 is 10.0 Å². The number of aromatic amines is 1. The van der Waals surface area contributed by atoms with Gasteiger partial charge in [0.2, 0.25) is 0 Å². The van der Waals surface area contributed by atoms with Crippen LogP contribution < -0.4 is 4.31 Å². The minimum Gasteiger partial charge on any atom is -0.392 e. The summed E-state index contributed by atoms with van der Waals surface area (Å²) in [6.45, 7) is 3.60. The van der Waals surface area contributed by atoms with Gasteiger partial charge in [-0.15, -0.1) is 0 Å². The number of aryl methyl sites for hydroxylation is 1. The molecule has 0 bridgehead atoms. The van der Waals surface area contributed by atoms with Crippen molar-refractivity contribution in [1.29, 1.82) is 0 Å². The van der Waals surface area contributed by atoms with Crippen LogP contribution in [0.4, 0.5) is 5.69 Å². The molecule has 0 aliphatic heterocycles. The van der Waals surface area contributed by atoms with Crippen molar-refractivity contribution in [2.75, 3.05) is 10.8 Å². The summed E-state index contributed by atoms with van der Waals surface area (Å²) in [7, 11) is -3.76. The van der Waals surface area contributed by atoms with Crippen LogP contribution in [0.2, 0.25) is 0 Å². The SMILES string of the molecule is CCN(c1ccc(C)cc1)S(=O)(=O)c1[nH]ncc1CO. The van der Waals surface area contributed by atoms with Crippen molar-refractivity contribution in [1.82, 2.24) is 10.2 Å². The molecule has 0 amide bonds. The van der Waals surface area contributed by atoms with Gasteiger partial charge in [-0.25, -0.2) is 0 Å². The van der Waals surface area contributed by atoms with E-state index in [1.54, 1.807) is 19.1 Å². The summed E-state index contributed by atoms with van der Waals surface area (Å²) in [5, 5.41) is 15.3. The van der Waals surface area contributed by atoms with Crippen molar-refractivity contribution in [3.63, 3.8) is 0 Å².